The van der Waals surface area contributed by atoms with E-state index in [1.165, 1.54) is 18.3 Å². The molecular weight excluding hydrogens is 252 g/mol. The van der Waals surface area contributed by atoms with Gasteiger partial charge in [-0.3, -0.25) is 10.6 Å². The molecule has 5 N–H and O–H groups in total. The summed E-state index contributed by atoms with van der Waals surface area (Å²) >= 11 is 5.62. The Bertz CT molecular complexity index is 412. The molecule has 0 atom stereocenters. The van der Waals surface area contributed by atoms with Crippen LogP contribution in [0.4, 0.5) is 15.3 Å². The summed E-state index contributed by atoms with van der Waals surface area (Å²) in [7, 11) is 0. The fraction of sp³-hybridized carbons (Fsp3) is 0.125. The van der Waals surface area contributed by atoms with Crippen LogP contribution >= 0.6 is 11.6 Å². The van der Waals surface area contributed by atoms with Crippen LogP contribution in [0, 0.1) is 0 Å². The molecule has 92 valence electrons. The average molecular weight is 261 g/mol. The van der Waals surface area contributed by atoms with Crippen molar-refractivity contribution in [2.24, 2.45) is 0 Å². The van der Waals surface area contributed by atoms with Crippen molar-refractivity contribution < 1.29 is 19.8 Å². The Labute approximate surface area is 101 Å². The summed E-state index contributed by atoms with van der Waals surface area (Å²) in [6.45, 7) is 0. The van der Waals surface area contributed by atoms with Crippen molar-refractivity contribution in [3.8, 4) is 0 Å². The number of halogens is 1. The number of hydrogen-bond donors (Lipinski definition) is 5. The van der Waals surface area contributed by atoms with Gasteiger partial charge < -0.3 is 15.5 Å². The van der Waals surface area contributed by atoms with Crippen LogP contribution in [-0.4, -0.2) is 33.7 Å². The minimum absolute atomic E-state index is 0.194. The monoisotopic (exact) mass is 260 g/mol. The normalized spacial score (nSPS) is 9.76. The van der Waals surface area contributed by atoms with Crippen LogP contribution in [0.5, 0.6) is 0 Å². The van der Waals surface area contributed by atoms with E-state index in [2.05, 4.69) is 10.3 Å². The lowest BCUT2D eigenvalue weighted by Gasteiger charge is -2.19. The highest BCUT2D eigenvalue weighted by Crippen LogP contribution is 2.11. The summed E-state index contributed by atoms with van der Waals surface area (Å²) in [5.41, 5.74) is 0.414. The third kappa shape index (κ3) is 4.89. The molecule has 0 aliphatic heterocycles. The SMILES string of the molecule is O=C(O)NC(NC(=O)O)Nc1ccnc(Cl)c1. The molecule has 0 aliphatic rings. The number of hydrogen-bond acceptors (Lipinski definition) is 4. The molecule has 9 heteroatoms. The predicted molar refractivity (Wildman–Crippen MR) is 59.0 cm³/mol. The average Bonchev–Trinajstić information content (AvgIpc) is 2.14. The predicted octanol–water partition coefficient (Wildman–Crippen LogP) is 0.966. The van der Waals surface area contributed by atoms with Crippen LogP contribution in [0.3, 0.4) is 0 Å². The first-order valence-corrected chi connectivity index (χ1v) is 4.72. The number of carboxylic acid groups (broad SMARTS) is 2. The molecule has 1 rings (SSSR count). The molecule has 0 radical (unpaired) electrons. The van der Waals surface area contributed by atoms with E-state index in [1.54, 1.807) is 0 Å². The number of nitrogens with one attached hydrogen (secondary N) is 3. The van der Waals surface area contributed by atoms with Gasteiger partial charge in [0.1, 0.15) is 5.15 Å². The topological polar surface area (TPSA) is 124 Å². The van der Waals surface area contributed by atoms with Gasteiger partial charge in [0.2, 0.25) is 0 Å². The lowest BCUT2D eigenvalue weighted by Crippen LogP contribution is -2.52. The Morgan fingerprint density at radius 3 is 2.35 bits per heavy atom. The number of pyridine rings is 1. The summed E-state index contributed by atoms with van der Waals surface area (Å²) in [5.74, 6) is 0. The van der Waals surface area contributed by atoms with Crippen LogP contribution in [0.1, 0.15) is 0 Å². The van der Waals surface area contributed by atoms with Crippen LogP contribution in [0.25, 0.3) is 0 Å². The molecule has 0 saturated carbocycles. The second-order valence-corrected chi connectivity index (χ2v) is 3.23. The summed E-state index contributed by atoms with van der Waals surface area (Å²) in [4.78, 5) is 24.6. The second kappa shape index (κ2) is 5.75. The van der Waals surface area contributed by atoms with E-state index in [-0.39, 0.29) is 5.15 Å². The number of aromatic nitrogens is 1. The largest absolute Gasteiger partial charge is 0.465 e. The fourth-order valence-corrected chi connectivity index (χ4v) is 1.19. The molecule has 0 spiro atoms. The van der Waals surface area contributed by atoms with Crippen molar-refractivity contribution in [3.63, 3.8) is 0 Å². The van der Waals surface area contributed by atoms with Crippen LogP contribution < -0.4 is 16.0 Å². The molecule has 0 aromatic carbocycles. The first-order chi connectivity index (χ1) is 7.97. The maximum absolute atomic E-state index is 10.4. The lowest BCUT2D eigenvalue weighted by molar-refractivity contribution is 0.179. The summed E-state index contributed by atoms with van der Waals surface area (Å²) in [6.07, 6.45) is -2.56. The zero-order chi connectivity index (χ0) is 12.8. The van der Waals surface area contributed by atoms with Gasteiger partial charge in [-0.15, -0.1) is 0 Å². The molecular formula is C8H9ClN4O4. The molecule has 1 aromatic rings. The van der Waals surface area contributed by atoms with E-state index >= 15 is 0 Å². The molecule has 0 unspecified atom stereocenters. The van der Waals surface area contributed by atoms with Gasteiger partial charge in [0.25, 0.3) is 0 Å². The smallest absolute Gasteiger partial charge is 0.407 e. The molecule has 1 heterocycles. The summed E-state index contributed by atoms with van der Waals surface area (Å²) < 4.78 is 0. The van der Waals surface area contributed by atoms with Crippen LogP contribution in [0.2, 0.25) is 5.15 Å². The van der Waals surface area contributed by atoms with E-state index in [4.69, 9.17) is 21.8 Å². The van der Waals surface area contributed by atoms with Gasteiger partial charge in [0, 0.05) is 11.9 Å². The zero-order valence-corrected chi connectivity index (χ0v) is 9.10. The van der Waals surface area contributed by atoms with Gasteiger partial charge in [-0.25, -0.2) is 14.6 Å². The quantitative estimate of drug-likeness (QED) is 0.406. The third-order valence-electron chi connectivity index (χ3n) is 1.57. The van der Waals surface area contributed by atoms with Gasteiger partial charge in [0.05, 0.1) is 0 Å². The Morgan fingerprint density at radius 2 is 1.88 bits per heavy atom. The number of anilines is 1. The Kier molecular flexibility index (Phi) is 4.35. The molecule has 17 heavy (non-hydrogen) atoms. The Balaban J connectivity index is 2.71. The van der Waals surface area contributed by atoms with E-state index in [0.717, 1.165) is 0 Å². The third-order valence-corrected chi connectivity index (χ3v) is 1.78. The maximum Gasteiger partial charge on any atom is 0.407 e. The van der Waals surface area contributed by atoms with E-state index in [9.17, 15) is 9.59 Å². The van der Waals surface area contributed by atoms with Crippen molar-refractivity contribution in [2.75, 3.05) is 5.32 Å². The minimum Gasteiger partial charge on any atom is -0.465 e. The maximum atomic E-state index is 10.4. The van der Waals surface area contributed by atoms with Crippen LogP contribution in [-0.2, 0) is 0 Å². The highest BCUT2D eigenvalue weighted by molar-refractivity contribution is 6.29. The number of carbonyl (C=O) groups is 2. The highest BCUT2D eigenvalue weighted by Gasteiger charge is 2.13. The van der Waals surface area contributed by atoms with Gasteiger partial charge in [-0.2, -0.15) is 0 Å². The lowest BCUT2D eigenvalue weighted by atomic mass is 10.4. The Hall–Kier alpha value is -2.22. The van der Waals surface area contributed by atoms with Gasteiger partial charge in [0.15, 0.2) is 6.29 Å². The van der Waals surface area contributed by atoms with E-state index in [1.807, 2.05) is 10.6 Å². The van der Waals surface area contributed by atoms with Crippen molar-refractivity contribution in [1.82, 2.24) is 15.6 Å². The second-order valence-electron chi connectivity index (χ2n) is 2.84. The molecule has 1 aromatic heterocycles. The van der Waals surface area contributed by atoms with Gasteiger partial charge >= 0.3 is 12.2 Å². The Morgan fingerprint density at radius 1 is 1.29 bits per heavy atom. The van der Waals surface area contributed by atoms with E-state index in [0.29, 0.717) is 5.69 Å². The molecule has 8 nitrogen and oxygen atoms in total. The fourth-order valence-electron chi connectivity index (χ4n) is 1.01. The van der Waals surface area contributed by atoms with Crippen molar-refractivity contribution in [2.45, 2.75) is 6.29 Å². The van der Waals surface area contributed by atoms with Gasteiger partial charge in [-0.05, 0) is 12.1 Å². The molecule has 0 saturated heterocycles. The molecule has 0 fully saturated rings. The first kappa shape index (κ1) is 12.8. The zero-order valence-electron chi connectivity index (χ0n) is 8.35. The summed E-state index contributed by atoms with van der Waals surface area (Å²) in [5, 5.41) is 23.6. The van der Waals surface area contributed by atoms with Crippen molar-refractivity contribution in [3.05, 3.63) is 23.5 Å². The molecule has 2 amide bonds. The standard InChI is InChI=1S/C8H9ClN4O4/c9-5-3-4(1-2-10-5)11-6(12-7(14)15)13-8(16)17/h1-3,6,12-13H,(H,10,11)(H,14,15)(H,16,17). The minimum atomic E-state index is -1.38. The van der Waals surface area contributed by atoms with Crippen molar-refractivity contribution >= 4 is 29.5 Å². The summed E-state index contributed by atoms with van der Waals surface area (Å²) in [6, 6.07) is 2.92. The number of nitrogens with zero attached hydrogens (tertiary/aromatic N) is 1. The van der Waals surface area contributed by atoms with Gasteiger partial charge in [-0.1, -0.05) is 11.6 Å². The number of rotatable bonds is 4. The first-order valence-electron chi connectivity index (χ1n) is 4.34. The van der Waals surface area contributed by atoms with Crippen LogP contribution in [0.15, 0.2) is 18.3 Å². The number of amides is 2. The van der Waals surface area contributed by atoms with Crippen molar-refractivity contribution in [1.29, 1.82) is 0 Å². The molecule has 0 bridgehead atoms. The highest BCUT2D eigenvalue weighted by atomic mass is 35.5. The van der Waals surface area contributed by atoms with E-state index < -0.39 is 18.5 Å². The molecule has 0 aliphatic carbocycles.